The van der Waals surface area contributed by atoms with E-state index in [1.807, 2.05) is 12.1 Å². The van der Waals surface area contributed by atoms with Crippen LogP contribution in [0.1, 0.15) is 56.6 Å². The minimum Gasteiger partial charge on any atom is -0.284 e. The molecule has 0 saturated heterocycles. The molecule has 0 aliphatic rings. The lowest BCUT2D eigenvalue weighted by atomic mass is 9.78. The van der Waals surface area contributed by atoms with Gasteiger partial charge in [0.2, 0.25) is 0 Å². The fourth-order valence-electron chi connectivity index (χ4n) is 3.96. The first kappa shape index (κ1) is 21.0. The number of nitrogens with zero attached hydrogens (tertiary/aromatic N) is 4. The van der Waals surface area contributed by atoms with Crippen LogP contribution in [0.4, 0.5) is 8.78 Å². The van der Waals surface area contributed by atoms with Crippen LogP contribution >= 0.6 is 0 Å². The van der Waals surface area contributed by atoms with Crippen LogP contribution in [-0.4, -0.2) is 21.9 Å². The number of benzene rings is 2. The minimum absolute atomic E-state index is 0.284. The first-order valence-corrected chi connectivity index (χ1v) is 10.2. The Balaban J connectivity index is 2.08. The van der Waals surface area contributed by atoms with Gasteiger partial charge in [-0.05, 0) is 41.8 Å². The van der Waals surface area contributed by atoms with Crippen LogP contribution in [0, 0.1) is 11.6 Å². The molecule has 3 aromatic rings. The summed E-state index contributed by atoms with van der Waals surface area (Å²) in [6, 6.07) is 13.1. The Morgan fingerprint density at radius 1 is 0.862 bits per heavy atom. The molecular formula is C23H28F2N4. The average molecular weight is 399 g/mol. The van der Waals surface area contributed by atoms with Gasteiger partial charge in [0.05, 0.1) is 0 Å². The van der Waals surface area contributed by atoms with Crippen molar-refractivity contribution in [3.8, 4) is 0 Å². The molecular weight excluding hydrogens is 370 g/mol. The number of hydrogen-bond acceptors (Lipinski definition) is 3. The van der Waals surface area contributed by atoms with Crippen LogP contribution in [-0.2, 0) is 5.54 Å². The van der Waals surface area contributed by atoms with Gasteiger partial charge in [0.1, 0.15) is 29.8 Å². The maximum Gasteiger partial charge on any atom is 0.139 e. The summed E-state index contributed by atoms with van der Waals surface area (Å²) in [5, 5.41) is 6.31. The van der Waals surface area contributed by atoms with E-state index in [-0.39, 0.29) is 11.6 Å². The Morgan fingerprint density at radius 2 is 1.41 bits per heavy atom. The zero-order chi connectivity index (χ0) is 20.7. The molecule has 0 N–H and O–H groups in total. The van der Waals surface area contributed by atoms with Crippen LogP contribution in [0.25, 0.3) is 0 Å². The molecule has 0 unspecified atom stereocenters. The third kappa shape index (κ3) is 4.63. The summed E-state index contributed by atoms with van der Waals surface area (Å²) < 4.78 is 27.4. The van der Waals surface area contributed by atoms with Crippen LogP contribution in [0.15, 0.2) is 61.2 Å². The zero-order valence-electron chi connectivity index (χ0n) is 17.1. The average Bonchev–Trinajstić information content (AvgIpc) is 3.27. The third-order valence-electron chi connectivity index (χ3n) is 5.55. The van der Waals surface area contributed by atoms with Gasteiger partial charge in [-0.25, -0.2) is 13.8 Å². The lowest BCUT2D eigenvalue weighted by Crippen LogP contribution is -2.51. The maximum atomic E-state index is 13.7. The van der Waals surface area contributed by atoms with Crippen molar-refractivity contribution in [3.63, 3.8) is 0 Å². The summed E-state index contributed by atoms with van der Waals surface area (Å²) in [5.74, 6) is -0.568. The molecule has 0 saturated carbocycles. The first-order valence-electron chi connectivity index (χ1n) is 10.2. The molecule has 29 heavy (non-hydrogen) atoms. The maximum absolute atomic E-state index is 13.7. The van der Waals surface area contributed by atoms with Crippen molar-refractivity contribution in [2.24, 2.45) is 0 Å². The van der Waals surface area contributed by atoms with Crippen molar-refractivity contribution >= 4 is 0 Å². The van der Waals surface area contributed by atoms with Crippen molar-refractivity contribution < 1.29 is 8.78 Å². The van der Waals surface area contributed by atoms with E-state index in [0.29, 0.717) is 0 Å². The summed E-state index contributed by atoms with van der Waals surface area (Å²) in [6.07, 6.45) is 9.55. The largest absolute Gasteiger partial charge is 0.284 e. The molecule has 0 bridgehead atoms. The molecule has 6 heteroatoms. The van der Waals surface area contributed by atoms with Gasteiger partial charge in [-0.1, -0.05) is 63.3 Å². The summed E-state index contributed by atoms with van der Waals surface area (Å²) >= 11 is 0. The lowest BCUT2D eigenvalue weighted by molar-refractivity contribution is 0.347. The van der Waals surface area contributed by atoms with E-state index in [1.165, 1.54) is 49.9 Å². The molecule has 0 aliphatic carbocycles. The minimum atomic E-state index is -0.638. The van der Waals surface area contributed by atoms with E-state index in [4.69, 9.17) is 0 Å². The van der Waals surface area contributed by atoms with Gasteiger partial charge in [0, 0.05) is 7.05 Å². The summed E-state index contributed by atoms with van der Waals surface area (Å²) in [6.45, 7) is 2.19. The number of hydrogen-bond donors (Lipinski definition) is 0. The van der Waals surface area contributed by atoms with E-state index < -0.39 is 5.54 Å². The fraction of sp³-hybridized carbons (Fsp3) is 0.391. The molecule has 0 amide bonds. The van der Waals surface area contributed by atoms with E-state index in [0.717, 1.165) is 30.4 Å². The van der Waals surface area contributed by atoms with Crippen LogP contribution in [0.2, 0.25) is 0 Å². The Kier molecular flexibility index (Phi) is 6.96. The topological polar surface area (TPSA) is 34.0 Å². The second kappa shape index (κ2) is 9.63. The Bertz CT molecular complexity index is 815. The molecule has 0 atom stereocenters. The van der Waals surface area contributed by atoms with Crippen molar-refractivity contribution in [3.05, 3.63) is 83.9 Å². The molecule has 3 rings (SSSR count). The van der Waals surface area contributed by atoms with E-state index >= 15 is 0 Å². The smallest absolute Gasteiger partial charge is 0.139 e. The quantitative estimate of drug-likeness (QED) is 0.427. The Labute approximate surface area is 171 Å². The standard InChI is InChI=1S/C23H28F2N4/c1-3-4-5-6-7-16-23(19-8-12-21(24)13-9-19,20-10-14-22(25)15-11-20)28(2)29-18-26-17-27-29/h8-15,17-18H,3-7,16H2,1-2H3. The SMILES string of the molecule is CCCCCCCC(c1ccc(F)cc1)(c1ccc(F)cc1)N(C)n1cncn1. The second-order valence-electron chi connectivity index (χ2n) is 7.38. The van der Waals surface area contributed by atoms with Crippen molar-refractivity contribution in [1.29, 1.82) is 0 Å². The normalized spacial score (nSPS) is 11.6. The number of unbranched alkanes of at least 4 members (excludes halogenated alkanes) is 4. The first-order chi connectivity index (χ1) is 14.1. The van der Waals surface area contributed by atoms with Crippen LogP contribution < -0.4 is 5.01 Å². The molecule has 1 heterocycles. The Hall–Kier alpha value is -2.76. The Morgan fingerprint density at radius 3 is 1.90 bits per heavy atom. The number of aromatic nitrogens is 3. The molecule has 0 radical (unpaired) electrons. The molecule has 154 valence electrons. The molecule has 0 fully saturated rings. The molecule has 4 nitrogen and oxygen atoms in total. The van der Waals surface area contributed by atoms with E-state index in [1.54, 1.807) is 35.4 Å². The van der Waals surface area contributed by atoms with Gasteiger partial charge in [0.25, 0.3) is 0 Å². The summed E-state index contributed by atoms with van der Waals surface area (Å²) in [7, 11) is 1.94. The van der Waals surface area contributed by atoms with Gasteiger partial charge in [-0.15, -0.1) is 5.10 Å². The van der Waals surface area contributed by atoms with Gasteiger partial charge in [-0.2, -0.15) is 4.79 Å². The van der Waals surface area contributed by atoms with Crippen molar-refractivity contribution in [2.45, 2.75) is 51.0 Å². The van der Waals surface area contributed by atoms with Gasteiger partial charge in [0.15, 0.2) is 0 Å². The fourth-order valence-corrected chi connectivity index (χ4v) is 3.96. The van der Waals surface area contributed by atoms with Gasteiger partial charge in [-0.3, -0.25) is 5.01 Å². The predicted octanol–water partition coefficient (Wildman–Crippen LogP) is 5.43. The summed E-state index contributed by atoms with van der Waals surface area (Å²) in [5.41, 5.74) is 1.22. The monoisotopic (exact) mass is 398 g/mol. The highest BCUT2D eigenvalue weighted by Gasteiger charge is 2.39. The lowest BCUT2D eigenvalue weighted by Gasteiger charge is -2.43. The number of halogens is 2. The van der Waals surface area contributed by atoms with Crippen LogP contribution in [0.5, 0.6) is 0 Å². The van der Waals surface area contributed by atoms with Gasteiger partial charge < -0.3 is 0 Å². The zero-order valence-corrected chi connectivity index (χ0v) is 17.1. The molecule has 2 aromatic carbocycles. The highest BCUT2D eigenvalue weighted by Crippen LogP contribution is 2.39. The van der Waals surface area contributed by atoms with Crippen LogP contribution in [0.3, 0.4) is 0 Å². The summed E-state index contributed by atoms with van der Waals surface area (Å²) in [4.78, 5) is 5.76. The molecule has 0 spiro atoms. The molecule has 0 aliphatic heterocycles. The van der Waals surface area contributed by atoms with Crippen molar-refractivity contribution in [2.75, 3.05) is 12.1 Å². The van der Waals surface area contributed by atoms with E-state index in [2.05, 4.69) is 17.0 Å². The predicted molar refractivity (Wildman–Crippen MR) is 111 cm³/mol. The number of rotatable bonds is 10. The highest BCUT2D eigenvalue weighted by atomic mass is 19.1. The second-order valence-corrected chi connectivity index (χ2v) is 7.38. The molecule has 1 aromatic heterocycles. The van der Waals surface area contributed by atoms with Crippen molar-refractivity contribution in [1.82, 2.24) is 14.9 Å². The van der Waals surface area contributed by atoms with Gasteiger partial charge >= 0.3 is 0 Å². The highest BCUT2D eigenvalue weighted by molar-refractivity contribution is 5.42. The van der Waals surface area contributed by atoms with E-state index in [9.17, 15) is 8.78 Å². The third-order valence-corrected chi connectivity index (χ3v) is 5.55.